The van der Waals surface area contributed by atoms with E-state index in [1.807, 2.05) is 0 Å². The highest BCUT2D eigenvalue weighted by atomic mass is 35.5. The first kappa shape index (κ1) is 6.93. The Hall–Kier alpha value is 0.250. The molecule has 4 saturated carbocycles. The quantitative estimate of drug-likeness (QED) is 0.615. The molecule has 0 aromatic rings. The lowest BCUT2D eigenvalue weighted by molar-refractivity contribution is 0.494. The summed E-state index contributed by atoms with van der Waals surface area (Å²) in [5, 5.41) is 0. The van der Waals surface area contributed by atoms with Crippen LogP contribution in [0.3, 0.4) is 0 Å². The summed E-state index contributed by atoms with van der Waals surface area (Å²) in [4.78, 5) is 0. The van der Waals surface area contributed by atoms with Gasteiger partial charge in [0, 0.05) is 0 Å². The van der Waals surface area contributed by atoms with Crippen LogP contribution in [0.5, 0.6) is 0 Å². The Morgan fingerprint density at radius 2 is 1.90 bits per heavy atom. The van der Waals surface area contributed by atoms with Crippen molar-refractivity contribution in [3.05, 3.63) is 0 Å². The third kappa shape index (κ3) is 0.474. The number of rotatable bonds is 1. The van der Waals surface area contributed by atoms with Gasteiger partial charge in [-0.2, -0.15) is 0 Å². The van der Waals surface area contributed by atoms with Crippen LogP contribution in [0.15, 0.2) is 0 Å². The zero-order valence-electron chi connectivity index (χ0n) is 6.05. The molecule has 4 rings (SSSR count). The van der Waals surface area contributed by atoms with Crippen LogP contribution in [0.2, 0.25) is 0 Å². The van der Waals surface area contributed by atoms with Crippen LogP contribution >= 0.6 is 12.4 Å². The van der Waals surface area contributed by atoms with E-state index in [9.17, 15) is 0 Å². The van der Waals surface area contributed by atoms with Gasteiger partial charge in [-0.25, -0.2) is 0 Å². The van der Waals surface area contributed by atoms with Crippen molar-refractivity contribution in [1.29, 1.82) is 0 Å². The molecule has 2 N–H and O–H groups in total. The fraction of sp³-hybridized carbons (Fsp3) is 1.00. The van der Waals surface area contributed by atoms with Gasteiger partial charge in [0.1, 0.15) is 0 Å². The number of halogens is 1. The molecule has 4 aliphatic rings. The molecule has 58 valence electrons. The van der Waals surface area contributed by atoms with Crippen LogP contribution in [0.25, 0.3) is 0 Å². The van der Waals surface area contributed by atoms with Crippen LogP contribution in [-0.2, 0) is 0 Å². The monoisotopic (exact) mass is 159 g/mol. The van der Waals surface area contributed by atoms with Crippen LogP contribution in [0.4, 0.5) is 0 Å². The van der Waals surface area contributed by atoms with Gasteiger partial charge >= 0.3 is 0 Å². The molecule has 0 amide bonds. The zero-order chi connectivity index (χ0) is 6.06. The predicted octanol–water partition coefficient (Wildman–Crippen LogP) is 1.41. The van der Waals surface area contributed by atoms with E-state index in [2.05, 4.69) is 0 Å². The van der Waals surface area contributed by atoms with E-state index in [0.717, 1.165) is 24.3 Å². The van der Waals surface area contributed by atoms with Gasteiger partial charge in [0.05, 0.1) is 0 Å². The minimum atomic E-state index is 0. The molecular weight excluding hydrogens is 146 g/mol. The van der Waals surface area contributed by atoms with E-state index >= 15 is 0 Å². The Labute approximate surface area is 67.8 Å². The largest absolute Gasteiger partial charge is 0.330 e. The SMILES string of the molecule is Cl.NCC12CC3CC1C2C3. The molecule has 0 heterocycles. The first-order valence-corrected chi connectivity index (χ1v) is 4.07. The second-order valence-electron chi connectivity index (χ2n) is 4.19. The molecule has 0 radical (unpaired) electrons. The Kier molecular flexibility index (Phi) is 1.18. The maximum absolute atomic E-state index is 5.73. The van der Waals surface area contributed by atoms with Gasteiger partial charge < -0.3 is 5.73 Å². The van der Waals surface area contributed by atoms with Crippen molar-refractivity contribution in [1.82, 2.24) is 0 Å². The molecule has 4 bridgehead atoms. The molecule has 4 aliphatic carbocycles. The van der Waals surface area contributed by atoms with Gasteiger partial charge in [0.2, 0.25) is 0 Å². The van der Waals surface area contributed by atoms with E-state index in [1.165, 1.54) is 19.3 Å². The highest BCUT2D eigenvalue weighted by molar-refractivity contribution is 5.85. The Bertz CT molecular complexity index is 157. The lowest BCUT2D eigenvalue weighted by atomic mass is 10.1. The van der Waals surface area contributed by atoms with Crippen LogP contribution in [0, 0.1) is 23.2 Å². The Morgan fingerprint density at radius 3 is 2.10 bits per heavy atom. The van der Waals surface area contributed by atoms with Crippen molar-refractivity contribution in [3.63, 3.8) is 0 Å². The third-order valence-electron chi connectivity index (χ3n) is 4.08. The summed E-state index contributed by atoms with van der Waals surface area (Å²) >= 11 is 0. The van der Waals surface area contributed by atoms with Crippen LogP contribution < -0.4 is 5.73 Å². The first-order chi connectivity index (χ1) is 4.37. The van der Waals surface area contributed by atoms with Crippen LogP contribution in [0.1, 0.15) is 19.3 Å². The highest BCUT2D eigenvalue weighted by Crippen LogP contribution is 2.78. The Balaban J connectivity index is 0.000000403. The maximum atomic E-state index is 5.73. The summed E-state index contributed by atoms with van der Waals surface area (Å²) in [5.74, 6) is 3.28. The highest BCUT2D eigenvalue weighted by Gasteiger charge is 2.73. The summed E-state index contributed by atoms with van der Waals surface area (Å²) in [6.45, 7) is 0.985. The second kappa shape index (κ2) is 1.70. The van der Waals surface area contributed by atoms with E-state index in [0.29, 0.717) is 5.41 Å². The van der Waals surface area contributed by atoms with E-state index in [4.69, 9.17) is 5.73 Å². The molecule has 1 nitrogen and oxygen atoms in total. The molecule has 4 fully saturated rings. The van der Waals surface area contributed by atoms with Crippen molar-refractivity contribution in [2.45, 2.75) is 19.3 Å². The average molecular weight is 160 g/mol. The van der Waals surface area contributed by atoms with Gasteiger partial charge in [-0.15, -0.1) is 12.4 Å². The maximum Gasteiger partial charge on any atom is -0.00149 e. The number of hydrogen-bond acceptors (Lipinski definition) is 1. The van der Waals surface area contributed by atoms with Gasteiger partial charge in [-0.05, 0) is 49.0 Å². The fourth-order valence-electron chi connectivity index (χ4n) is 3.68. The van der Waals surface area contributed by atoms with Crippen molar-refractivity contribution < 1.29 is 0 Å². The van der Waals surface area contributed by atoms with Crippen molar-refractivity contribution >= 4 is 12.4 Å². The summed E-state index contributed by atoms with van der Waals surface area (Å²) in [6.07, 6.45) is 4.54. The lowest BCUT2D eigenvalue weighted by Gasteiger charge is -2.04. The fourth-order valence-corrected chi connectivity index (χ4v) is 3.68. The zero-order valence-corrected chi connectivity index (χ0v) is 6.86. The van der Waals surface area contributed by atoms with Crippen molar-refractivity contribution in [2.24, 2.45) is 28.9 Å². The summed E-state index contributed by atoms with van der Waals surface area (Å²) in [5.41, 5.74) is 6.44. The minimum absolute atomic E-state index is 0. The molecule has 2 atom stereocenters. The predicted molar refractivity (Wildman–Crippen MR) is 43.1 cm³/mol. The molecule has 0 spiro atoms. The summed E-state index contributed by atoms with van der Waals surface area (Å²) < 4.78 is 0. The second-order valence-corrected chi connectivity index (χ2v) is 4.19. The molecule has 2 heteroatoms. The molecule has 0 aromatic carbocycles. The topological polar surface area (TPSA) is 26.0 Å². The van der Waals surface area contributed by atoms with Gasteiger partial charge in [0.25, 0.3) is 0 Å². The smallest absolute Gasteiger partial charge is 0.00149 e. The van der Waals surface area contributed by atoms with E-state index in [-0.39, 0.29) is 12.4 Å². The molecule has 0 aliphatic heterocycles. The normalized spacial score (nSPS) is 60.3. The summed E-state index contributed by atoms with van der Waals surface area (Å²) in [7, 11) is 0. The molecule has 0 saturated heterocycles. The third-order valence-corrected chi connectivity index (χ3v) is 4.08. The lowest BCUT2D eigenvalue weighted by Crippen LogP contribution is -2.14. The molecule has 10 heavy (non-hydrogen) atoms. The van der Waals surface area contributed by atoms with Crippen molar-refractivity contribution in [3.8, 4) is 0 Å². The average Bonchev–Trinajstić information content (AvgIpc) is 2.44. The van der Waals surface area contributed by atoms with E-state index < -0.39 is 0 Å². The molecule has 0 aromatic heterocycles. The number of nitrogens with two attached hydrogens (primary N) is 1. The minimum Gasteiger partial charge on any atom is -0.330 e. The molecule has 2 unspecified atom stereocenters. The van der Waals surface area contributed by atoms with E-state index in [1.54, 1.807) is 0 Å². The molecular formula is C8H14ClN. The number of hydrogen-bond donors (Lipinski definition) is 1. The van der Waals surface area contributed by atoms with Crippen LogP contribution in [-0.4, -0.2) is 6.54 Å². The van der Waals surface area contributed by atoms with Crippen molar-refractivity contribution in [2.75, 3.05) is 6.54 Å². The van der Waals surface area contributed by atoms with Gasteiger partial charge in [0.15, 0.2) is 0 Å². The van der Waals surface area contributed by atoms with Gasteiger partial charge in [-0.3, -0.25) is 0 Å². The first-order valence-electron chi connectivity index (χ1n) is 4.07. The van der Waals surface area contributed by atoms with Gasteiger partial charge in [-0.1, -0.05) is 0 Å². The summed E-state index contributed by atoms with van der Waals surface area (Å²) in [6, 6.07) is 0. The standard InChI is InChI=1S/C8H13N.ClH/c9-4-8-3-5-1-6(8)7(8)2-5;/h5-7H,1-4,9H2;1H. The Morgan fingerprint density at radius 1 is 1.30 bits per heavy atom.